The van der Waals surface area contributed by atoms with E-state index in [9.17, 15) is 0 Å². The Balaban J connectivity index is 1.51. The number of anilines is 1. The first kappa shape index (κ1) is 19.9. The highest BCUT2D eigenvalue weighted by Gasteiger charge is 2.15. The Bertz CT molecular complexity index is 1400. The van der Waals surface area contributed by atoms with Crippen LogP contribution < -0.4 is 5.73 Å². The van der Waals surface area contributed by atoms with Gasteiger partial charge in [-0.15, -0.1) is 10.2 Å². The number of H-pyrrole nitrogens is 1. The van der Waals surface area contributed by atoms with Crippen molar-refractivity contribution in [2.45, 2.75) is 33.7 Å². The number of nitrogen functional groups attached to an aromatic ring is 1. The SMILES string of the molecule is CCc1nc2c(C)cc(C)nc2n1Cc1ccc(-c2ccc(N)cc2-c2nn[nH]n2)cc1. The second-order valence-corrected chi connectivity index (χ2v) is 7.96. The van der Waals surface area contributed by atoms with Crippen LogP contribution in [0, 0.1) is 13.8 Å². The monoisotopic (exact) mass is 424 g/mol. The number of fused-ring (bicyclic) bond motifs is 1. The Morgan fingerprint density at radius 2 is 1.78 bits per heavy atom. The number of benzene rings is 2. The molecule has 3 heterocycles. The van der Waals surface area contributed by atoms with Crippen molar-refractivity contribution >= 4 is 16.9 Å². The fourth-order valence-electron chi connectivity index (χ4n) is 4.13. The molecule has 8 nitrogen and oxygen atoms in total. The Morgan fingerprint density at radius 3 is 2.50 bits per heavy atom. The molecule has 0 atom stereocenters. The summed E-state index contributed by atoms with van der Waals surface area (Å²) in [6.07, 6.45) is 0.854. The predicted molar refractivity (Wildman–Crippen MR) is 125 cm³/mol. The standard InChI is InChI=1S/C24H24N8/c1-4-21-27-22-14(2)11-15(3)26-24(22)32(21)13-16-5-7-17(8-6-16)19-10-9-18(25)12-20(19)23-28-30-31-29-23/h5-12H,4,13,25H2,1-3H3,(H,28,29,30,31). The third kappa shape index (κ3) is 3.49. The van der Waals surface area contributed by atoms with Gasteiger partial charge in [0.15, 0.2) is 5.65 Å². The van der Waals surface area contributed by atoms with Gasteiger partial charge in [0.05, 0.1) is 6.54 Å². The molecule has 32 heavy (non-hydrogen) atoms. The maximum Gasteiger partial charge on any atom is 0.205 e. The number of nitrogens with one attached hydrogen (secondary N) is 1. The van der Waals surface area contributed by atoms with E-state index < -0.39 is 0 Å². The number of aromatic nitrogens is 7. The van der Waals surface area contributed by atoms with Crippen LogP contribution >= 0.6 is 0 Å². The highest BCUT2D eigenvalue weighted by molar-refractivity contribution is 5.82. The van der Waals surface area contributed by atoms with Gasteiger partial charge in [0.2, 0.25) is 5.82 Å². The predicted octanol–water partition coefficient (Wildman–Crippen LogP) is 4.09. The summed E-state index contributed by atoms with van der Waals surface area (Å²) >= 11 is 0. The van der Waals surface area contributed by atoms with E-state index in [0.29, 0.717) is 11.5 Å². The van der Waals surface area contributed by atoms with E-state index in [1.807, 2.05) is 25.1 Å². The molecule has 0 spiro atoms. The van der Waals surface area contributed by atoms with Gasteiger partial charge >= 0.3 is 0 Å². The van der Waals surface area contributed by atoms with Crippen LogP contribution in [0.2, 0.25) is 0 Å². The van der Waals surface area contributed by atoms with Crippen molar-refractivity contribution in [3.05, 3.63) is 71.2 Å². The van der Waals surface area contributed by atoms with Gasteiger partial charge in [0.25, 0.3) is 0 Å². The number of hydrogen-bond donors (Lipinski definition) is 2. The summed E-state index contributed by atoms with van der Waals surface area (Å²) in [5.41, 5.74) is 14.8. The van der Waals surface area contributed by atoms with Gasteiger partial charge in [-0.1, -0.05) is 37.3 Å². The molecule has 0 aliphatic heterocycles. The summed E-state index contributed by atoms with van der Waals surface area (Å²) in [6, 6.07) is 16.3. The molecule has 0 unspecified atom stereocenters. The topological polar surface area (TPSA) is 111 Å². The number of imidazole rings is 1. The van der Waals surface area contributed by atoms with Gasteiger partial charge < -0.3 is 10.3 Å². The van der Waals surface area contributed by atoms with Crippen molar-refractivity contribution in [2.24, 2.45) is 0 Å². The van der Waals surface area contributed by atoms with E-state index in [-0.39, 0.29) is 0 Å². The lowest BCUT2D eigenvalue weighted by molar-refractivity contribution is 0.745. The summed E-state index contributed by atoms with van der Waals surface area (Å²) < 4.78 is 2.22. The molecular weight excluding hydrogens is 400 g/mol. The zero-order valence-electron chi connectivity index (χ0n) is 18.3. The Hall–Kier alpha value is -4.07. The van der Waals surface area contributed by atoms with Gasteiger partial charge in [-0.2, -0.15) is 5.21 Å². The lowest BCUT2D eigenvalue weighted by Crippen LogP contribution is -2.05. The van der Waals surface area contributed by atoms with Crippen LogP contribution in [0.15, 0.2) is 48.5 Å². The van der Waals surface area contributed by atoms with Gasteiger partial charge in [-0.3, -0.25) is 0 Å². The first-order valence-corrected chi connectivity index (χ1v) is 10.6. The van der Waals surface area contributed by atoms with Crippen molar-refractivity contribution in [3.63, 3.8) is 0 Å². The molecule has 2 aromatic carbocycles. The summed E-state index contributed by atoms with van der Waals surface area (Å²) in [4.78, 5) is 9.63. The zero-order chi connectivity index (χ0) is 22.2. The van der Waals surface area contributed by atoms with E-state index in [1.54, 1.807) is 0 Å². The number of pyridine rings is 1. The first-order valence-electron chi connectivity index (χ1n) is 10.6. The largest absolute Gasteiger partial charge is 0.399 e. The average Bonchev–Trinajstić information content (AvgIpc) is 3.43. The molecule has 3 N–H and O–H groups in total. The maximum atomic E-state index is 6.00. The van der Waals surface area contributed by atoms with E-state index in [2.05, 4.69) is 69.4 Å². The first-order chi connectivity index (χ1) is 15.5. The molecular formula is C24H24N8. The summed E-state index contributed by atoms with van der Waals surface area (Å²) in [6.45, 7) is 6.97. The lowest BCUT2D eigenvalue weighted by Gasteiger charge is -2.11. The van der Waals surface area contributed by atoms with E-state index in [0.717, 1.165) is 57.9 Å². The molecule has 5 aromatic rings. The van der Waals surface area contributed by atoms with Gasteiger partial charge in [-0.25, -0.2) is 9.97 Å². The highest BCUT2D eigenvalue weighted by Crippen LogP contribution is 2.32. The fraction of sp³-hybridized carbons (Fsp3) is 0.208. The zero-order valence-corrected chi connectivity index (χ0v) is 18.3. The summed E-state index contributed by atoms with van der Waals surface area (Å²) in [5, 5.41) is 14.4. The molecule has 3 aromatic heterocycles. The molecule has 160 valence electrons. The van der Waals surface area contributed by atoms with Crippen LogP contribution in [-0.2, 0) is 13.0 Å². The van der Waals surface area contributed by atoms with Crippen LogP contribution in [0.5, 0.6) is 0 Å². The minimum atomic E-state index is 0.519. The number of aromatic amines is 1. The molecule has 0 aliphatic carbocycles. The van der Waals surface area contributed by atoms with Crippen LogP contribution in [0.1, 0.15) is 29.6 Å². The van der Waals surface area contributed by atoms with Crippen molar-refractivity contribution in [1.82, 2.24) is 35.2 Å². The molecule has 8 heteroatoms. The van der Waals surface area contributed by atoms with Crippen molar-refractivity contribution in [1.29, 1.82) is 0 Å². The number of rotatable bonds is 5. The van der Waals surface area contributed by atoms with Crippen molar-refractivity contribution in [2.75, 3.05) is 5.73 Å². The van der Waals surface area contributed by atoms with E-state index in [4.69, 9.17) is 15.7 Å². The van der Waals surface area contributed by atoms with Crippen LogP contribution in [-0.4, -0.2) is 35.2 Å². The highest BCUT2D eigenvalue weighted by atomic mass is 15.5. The minimum Gasteiger partial charge on any atom is -0.399 e. The molecule has 0 aliphatic rings. The van der Waals surface area contributed by atoms with Crippen molar-refractivity contribution in [3.8, 4) is 22.5 Å². The average molecular weight is 425 g/mol. The third-order valence-electron chi connectivity index (χ3n) is 5.65. The quantitative estimate of drug-likeness (QED) is 0.411. The molecule has 0 saturated carbocycles. The molecule has 0 radical (unpaired) electrons. The lowest BCUT2D eigenvalue weighted by atomic mass is 9.97. The number of nitrogens with two attached hydrogens (primary N) is 1. The van der Waals surface area contributed by atoms with Gasteiger partial charge in [0, 0.05) is 23.4 Å². The normalized spacial score (nSPS) is 11.3. The number of tetrazole rings is 1. The Morgan fingerprint density at radius 1 is 0.969 bits per heavy atom. The van der Waals surface area contributed by atoms with Crippen molar-refractivity contribution < 1.29 is 0 Å². The molecule has 0 saturated heterocycles. The van der Waals surface area contributed by atoms with Crippen LogP contribution in [0.3, 0.4) is 0 Å². The van der Waals surface area contributed by atoms with Gasteiger partial charge in [-0.05, 0) is 59.5 Å². The van der Waals surface area contributed by atoms with Crippen LogP contribution in [0.25, 0.3) is 33.7 Å². The Labute approximate surface area is 185 Å². The summed E-state index contributed by atoms with van der Waals surface area (Å²) in [7, 11) is 0. The minimum absolute atomic E-state index is 0.519. The Kier molecular flexibility index (Phi) is 4.89. The number of nitrogens with zero attached hydrogens (tertiary/aromatic N) is 6. The fourth-order valence-corrected chi connectivity index (χ4v) is 4.13. The summed E-state index contributed by atoms with van der Waals surface area (Å²) in [5.74, 6) is 1.56. The second-order valence-electron chi connectivity index (χ2n) is 7.96. The maximum absolute atomic E-state index is 6.00. The molecule has 0 amide bonds. The smallest absolute Gasteiger partial charge is 0.205 e. The van der Waals surface area contributed by atoms with E-state index in [1.165, 1.54) is 5.56 Å². The third-order valence-corrected chi connectivity index (χ3v) is 5.65. The van der Waals surface area contributed by atoms with E-state index >= 15 is 0 Å². The van der Waals surface area contributed by atoms with Crippen LogP contribution in [0.4, 0.5) is 5.69 Å². The van der Waals surface area contributed by atoms with Gasteiger partial charge in [0.1, 0.15) is 11.3 Å². The molecule has 0 bridgehead atoms. The second kappa shape index (κ2) is 7.88. The molecule has 0 fully saturated rings. The molecule has 5 rings (SSSR count). The number of hydrogen-bond acceptors (Lipinski definition) is 6. The number of aryl methyl sites for hydroxylation is 3.